The lowest BCUT2D eigenvalue weighted by molar-refractivity contribution is -0.154. The largest absolute Gasteiger partial charge is 0.485 e. The highest BCUT2D eigenvalue weighted by atomic mass is 79.9. The standard InChI is InChI=1S/C28H35BrN4O6/c1-16(2)26-30-23(31-39-26)15-38-22-10-9-20(29)19-11-13-33(21(25(19)22)14-32-12-5-8-24(32)34)27(35)17-6-3-4-7-18(17)28(36)37/h9-10,16-18,21H,3-8,11-15H2,1-2H3,(H,36,37)/t17-,18+,21-/m1/s1. The lowest BCUT2D eigenvalue weighted by Gasteiger charge is -2.43. The monoisotopic (exact) mass is 602 g/mol. The van der Waals surface area contributed by atoms with Crippen LogP contribution in [0.2, 0.25) is 0 Å². The topological polar surface area (TPSA) is 126 Å². The van der Waals surface area contributed by atoms with Gasteiger partial charge in [-0.05, 0) is 43.4 Å². The molecule has 3 atom stereocenters. The summed E-state index contributed by atoms with van der Waals surface area (Å²) in [4.78, 5) is 46.8. The van der Waals surface area contributed by atoms with E-state index in [1.54, 1.807) is 0 Å². The Morgan fingerprint density at radius 2 is 1.92 bits per heavy atom. The summed E-state index contributed by atoms with van der Waals surface area (Å²) in [6.45, 7) is 5.47. The van der Waals surface area contributed by atoms with Crippen LogP contribution in [0.4, 0.5) is 0 Å². The van der Waals surface area contributed by atoms with E-state index in [9.17, 15) is 19.5 Å². The van der Waals surface area contributed by atoms with E-state index in [-0.39, 0.29) is 24.3 Å². The molecule has 1 aromatic carbocycles. The van der Waals surface area contributed by atoms with Crippen molar-refractivity contribution in [2.75, 3.05) is 19.6 Å². The molecule has 10 nitrogen and oxygen atoms in total. The van der Waals surface area contributed by atoms with Crippen LogP contribution < -0.4 is 4.74 Å². The number of carbonyl (C=O) groups excluding carboxylic acids is 2. The minimum absolute atomic E-state index is 0.0704. The molecular weight excluding hydrogens is 568 g/mol. The summed E-state index contributed by atoms with van der Waals surface area (Å²) in [7, 11) is 0. The van der Waals surface area contributed by atoms with Crippen molar-refractivity contribution in [3.63, 3.8) is 0 Å². The zero-order valence-corrected chi connectivity index (χ0v) is 24.0. The van der Waals surface area contributed by atoms with Crippen molar-refractivity contribution in [2.45, 2.75) is 77.4 Å². The molecule has 3 heterocycles. The minimum atomic E-state index is -0.913. The first kappa shape index (κ1) is 27.6. The fourth-order valence-electron chi connectivity index (χ4n) is 6.10. The van der Waals surface area contributed by atoms with Crippen LogP contribution >= 0.6 is 15.9 Å². The summed E-state index contributed by atoms with van der Waals surface area (Å²) < 4.78 is 12.5. The van der Waals surface area contributed by atoms with Gasteiger partial charge in [0.25, 0.3) is 0 Å². The number of carbonyl (C=O) groups is 3. The Bertz CT molecular complexity index is 1250. The van der Waals surface area contributed by atoms with E-state index in [2.05, 4.69) is 26.1 Å². The van der Waals surface area contributed by atoms with Gasteiger partial charge in [-0.15, -0.1) is 0 Å². The summed E-state index contributed by atoms with van der Waals surface area (Å²) in [5.74, 6) is -0.584. The van der Waals surface area contributed by atoms with Crippen LogP contribution in [0.15, 0.2) is 21.1 Å². The quantitative estimate of drug-likeness (QED) is 0.469. The number of nitrogens with zero attached hydrogens (tertiary/aromatic N) is 4. The summed E-state index contributed by atoms with van der Waals surface area (Å²) in [6.07, 6.45) is 4.59. The van der Waals surface area contributed by atoms with Crippen molar-refractivity contribution in [2.24, 2.45) is 11.8 Å². The van der Waals surface area contributed by atoms with E-state index < -0.39 is 23.8 Å². The van der Waals surface area contributed by atoms with Gasteiger partial charge in [-0.3, -0.25) is 14.4 Å². The summed E-state index contributed by atoms with van der Waals surface area (Å²) in [6, 6.07) is 3.34. The second-order valence-electron chi connectivity index (χ2n) is 11.0. The molecule has 3 aliphatic rings. The third kappa shape index (κ3) is 5.69. The van der Waals surface area contributed by atoms with Crippen LogP contribution in [-0.2, 0) is 27.4 Å². The Morgan fingerprint density at radius 3 is 2.59 bits per heavy atom. The number of halogens is 1. The molecule has 1 saturated carbocycles. The summed E-state index contributed by atoms with van der Waals surface area (Å²) in [5, 5.41) is 13.9. The number of likely N-dealkylation sites (tertiary alicyclic amines) is 1. The maximum absolute atomic E-state index is 14.1. The molecule has 0 spiro atoms. The second kappa shape index (κ2) is 11.7. The van der Waals surface area contributed by atoms with E-state index in [1.165, 1.54) is 0 Å². The average molecular weight is 604 g/mol. The van der Waals surface area contributed by atoms with Crippen molar-refractivity contribution >= 4 is 33.7 Å². The molecule has 0 bridgehead atoms. The number of amides is 2. The van der Waals surface area contributed by atoms with Crippen molar-refractivity contribution in [1.29, 1.82) is 0 Å². The number of carboxylic acids is 1. The smallest absolute Gasteiger partial charge is 0.307 e. The van der Waals surface area contributed by atoms with Gasteiger partial charge in [0.2, 0.25) is 23.5 Å². The number of fused-ring (bicyclic) bond motifs is 1. The predicted octanol–water partition coefficient (Wildman–Crippen LogP) is 4.47. The molecule has 1 saturated heterocycles. The number of hydrogen-bond acceptors (Lipinski definition) is 7. The predicted molar refractivity (Wildman–Crippen MR) is 144 cm³/mol. The normalized spacial score (nSPS) is 23.3. The number of aliphatic carboxylic acids is 1. The van der Waals surface area contributed by atoms with Crippen molar-refractivity contribution in [3.8, 4) is 5.75 Å². The Balaban J connectivity index is 1.49. The molecule has 2 fully saturated rings. The zero-order valence-electron chi connectivity index (χ0n) is 22.4. The molecule has 2 amide bonds. The highest BCUT2D eigenvalue weighted by Crippen LogP contribution is 2.43. The van der Waals surface area contributed by atoms with Crippen molar-refractivity contribution in [1.82, 2.24) is 19.9 Å². The van der Waals surface area contributed by atoms with Gasteiger partial charge in [0.15, 0.2) is 6.61 Å². The molecule has 210 valence electrons. The van der Waals surface area contributed by atoms with Crippen molar-refractivity contribution in [3.05, 3.63) is 39.4 Å². The number of aromatic nitrogens is 2. The fourth-order valence-corrected chi connectivity index (χ4v) is 6.65. The van der Waals surface area contributed by atoms with Gasteiger partial charge in [0.1, 0.15) is 5.75 Å². The Labute approximate surface area is 236 Å². The highest BCUT2D eigenvalue weighted by molar-refractivity contribution is 9.10. The van der Waals surface area contributed by atoms with E-state index >= 15 is 0 Å². The third-order valence-corrected chi connectivity index (χ3v) is 8.90. The summed E-state index contributed by atoms with van der Waals surface area (Å²) in [5.41, 5.74) is 1.88. The maximum Gasteiger partial charge on any atom is 0.307 e. The van der Waals surface area contributed by atoms with Gasteiger partial charge in [0.05, 0.1) is 17.9 Å². The lowest BCUT2D eigenvalue weighted by atomic mass is 9.77. The van der Waals surface area contributed by atoms with Crippen LogP contribution in [0, 0.1) is 11.8 Å². The van der Waals surface area contributed by atoms with E-state index in [0.717, 1.165) is 34.9 Å². The lowest BCUT2D eigenvalue weighted by Crippen LogP contribution is -2.50. The highest BCUT2D eigenvalue weighted by Gasteiger charge is 2.43. The molecule has 2 aliphatic heterocycles. The number of rotatable bonds is 8. The number of benzene rings is 1. The zero-order chi connectivity index (χ0) is 27.7. The Hall–Kier alpha value is -2.95. The molecule has 1 aromatic heterocycles. The Kier molecular flexibility index (Phi) is 8.25. The maximum atomic E-state index is 14.1. The van der Waals surface area contributed by atoms with E-state index in [0.29, 0.717) is 62.8 Å². The van der Waals surface area contributed by atoms with Crippen LogP contribution in [0.25, 0.3) is 0 Å². The van der Waals surface area contributed by atoms with Gasteiger partial charge < -0.3 is 24.2 Å². The second-order valence-corrected chi connectivity index (χ2v) is 11.9. The molecule has 0 radical (unpaired) electrons. The van der Waals surface area contributed by atoms with E-state index in [1.807, 2.05) is 35.8 Å². The van der Waals surface area contributed by atoms with Crippen molar-refractivity contribution < 1.29 is 28.8 Å². The molecule has 2 aromatic rings. The molecule has 11 heteroatoms. The molecule has 0 unspecified atom stereocenters. The first-order valence-corrected chi connectivity index (χ1v) is 14.6. The first-order chi connectivity index (χ1) is 18.7. The van der Waals surface area contributed by atoms with Gasteiger partial charge in [0, 0.05) is 42.0 Å². The molecule has 1 N–H and O–H groups in total. The molecular formula is C28H35BrN4O6. The minimum Gasteiger partial charge on any atom is -0.485 e. The van der Waals surface area contributed by atoms with Crippen LogP contribution in [0.3, 0.4) is 0 Å². The SMILES string of the molecule is CC(C)c1nc(COc2ccc(Br)c3c2[C@@H](CN2CCCC2=O)N(C(=O)[C@@H]2CCCC[C@@H]2C(=O)O)CC3)no1. The van der Waals surface area contributed by atoms with E-state index in [4.69, 9.17) is 9.26 Å². The number of hydrogen-bond donors (Lipinski definition) is 1. The average Bonchev–Trinajstić information content (AvgIpc) is 3.57. The third-order valence-electron chi connectivity index (χ3n) is 8.15. The number of ether oxygens (including phenoxy) is 1. The van der Waals surface area contributed by atoms with Gasteiger partial charge >= 0.3 is 5.97 Å². The fraction of sp³-hybridized carbons (Fsp3) is 0.607. The molecule has 1 aliphatic carbocycles. The molecule has 5 rings (SSSR count). The summed E-state index contributed by atoms with van der Waals surface area (Å²) >= 11 is 3.69. The first-order valence-electron chi connectivity index (χ1n) is 13.8. The molecule has 39 heavy (non-hydrogen) atoms. The Morgan fingerprint density at radius 1 is 1.15 bits per heavy atom. The number of carboxylic acid groups (broad SMARTS) is 1. The van der Waals surface area contributed by atoms with Crippen LogP contribution in [0.1, 0.15) is 87.2 Å². The van der Waals surface area contributed by atoms with Gasteiger partial charge in [-0.25, -0.2) is 0 Å². The van der Waals surface area contributed by atoms with Gasteiger partial charge in [-0.1, -0.05) is 47.8 Å². The van der Waals surface area contributed by atoms with Gasteiger partial charge in [-0.2, -0.15) is 4.98 Å². The van der Waals surface area contributed by atoms with Crippen LogP contribution in [-0.4, -0.2) is 62.5 Å². The van der Waals surface area contributed by atoms with Crippen LogP contribution in [0.5, 0.6) is 5.75 Å².